The summed E-state index contributed by atoms with van der Waals surface area (Å²) in [5.74, 6) is 1.85. The van der Waals surface area contributed by atoms with E-state index in [2.05, 4.69) is 21.1 Å². The number of hydrogen-bond acceptors (Lipinski definition) is 7. The van der Waals surface area contributed by atoms with E-state index in [9.17, 15) is 13.7 Å². The Morgan fingerprint density at radius 3 is 2.59 bits per heavy atom. The van der Waals surface area contributed by atoms with E-state index < -0.39 is 9.84 Å². The van der Waals surface area contributed by atoms with Crippen molar-refractivity contribution in [1.29, 1.82) is 5.26 Å². The summed E-state index contributed by atoms with van der Waals surface area (Å²) in [6, 6.07) is 7.97. The van der Waals surface area contributed by atoms with Crippen LogP contribution in [0.15, 0.2) is 36.8 Å². The molecule has 168 valence electrons. The largest absolute Gasteiger partial charge is 0.495 e. The van der Waals surface area contributed by atoms with Crippen molar-refractivity contribution in [3.05, 3.63) is 42.4 Å². The van der Waals surface area contributed by atoms with Crippen molar-refractivity contribution in [2.45, 2.75) is 31.9 Å². The molecule has 8 nitrogen and oxygen atoms in total. The first kappa shape index (κ1) is 22.1. The Hall–Kier alpha value is -3.12. The molecule has 0 spiro atoms. The molecule has 9 heteroatoms. The summed E-state index contributed by atoms with van der Waals surface area (Å²) in [6.45, 7) is 5.22. The molecule has 4 heterocycles. The van der Waals surface area contributed by atoms with Crippen molar-refractivity contribution >= 4 is 21.2 Å². The van der Waals surface area contributed by atoms with E-state index in [0.29, 0.717) is 42.8 Å². The quantitative estimate of drug-likeness (QED) is 0.564. The van der Waals surface area contributed by atoms with E-state index in [1.54, 1.807) is 24.0 Å². The van der Waals surface area contributed by atoms with Crippen LogP contribution in [0, 0.1) is 17.2 Å². The number of fused-ring (bicyclic) bond motifs is 1. The molecule has 0 amide bonds. The van der Waals surface area contributed by atoms with Crippen LogP contribution in [0.2, 0.25) is 0 Å². The summed E-state index contributed by atoms with van der Waals surface area (Å²) in [7, 11) is -1.46. The number of sulfone groups is 1. The zero-order chi connectivity index (χ0) is 22.9. The standard InChI is InChI=1S/C23H27N5O3S/c1-16(2)15-32(29,30)20-6-8-27(9-7-20)22-5-4-17(12-25-22)21-10-19(31-3)14-28-23(21)18(11-24)13-26-28/h4-5,10,12-14,16,20H,6-9,15H2,1-3H3. The molecule has 1 aliphatic rings. The van der Waals surface area contributed by atoms with Gasteiger partial charge in [0.1, 0.15) is 17.6 Å². The summed E-state index contributed by atoms with van der Waals surface area (Å²) in [6.07, 6.45) is 6.29. The number of hydrogen-bond donors (Lipinski definition) is 0. The molecule has 0 saturated carbocycles. The third-order valence-electron chi connectivity index (χ3n) is 5.84. The van der Waals surface area contributed by atoms with Crippen LogP contribution in [0.25, 0.3) is 16.6 Å². The van der Waals surface area contributed by atoms with E-state index in [1.807, 2.05) is 32.0 Å². The van der Waals surface area contributed by atoms with Crippen LogP contribution in [0.1, 0.15) is 32.3 Å². The van der Waals surface area contributed by atoms with Crippen molar-refractivity contribution in [3.63, 3.8) is 0 Å². The van der Waals surface area contributed by atoms with Crippen molar-refractivity contribution in [3.8, 4) is 22.9 Å². The number of piperidine rings is 1. The normalized spacial score (nSPS) is 15.3. The lowest BCUT2D eigenvalue weighted by atomic mass is 10.0. The molecule has 1 fully saturated rings. The molecular weight excluding hydrogens is 426 g/mol. The van der Waals surface area contributed by atoms with Gasteiger partial charge in [0, 0.05) is 30.4 Å². The lowest BCUT2D eigenvalue weighted by molar-refractivity contribution is 0.412. The number of rotatable bonds is 6. The number of ether oxygens (including phenoxy) is 1. The van der Waals surface area contributed by atoms with E-state index in [4.69, 9.17) is 4.74 Å². The molecule has 4 rings (SSSR count). The van der Waals surface area contributed by atoms with E-state index >= 15 is 0 Å². The topological polar surface area (TPSA) is 101 Å². The second-order valence-corrected chi connectivity index (χ2v) is 10.9. The summed E-state index contributed by atoms with van der Waals surface area (Å²) in [5, 5.41) is 13.5. The highest BCUT2D eigenvalue weighted by Crippen LogP contribution is 2.31. The Bertz CT molecular complexity index is 1250. The average Bonchev–Trinajstić information content (AvgIpc) is 3.21. The van der Waals surface area contributed by atoms with Crippen molar-refractivity contribution in [2.75, 3.05) is 30.9 Å². The number of nitriles is 1. The SMILES string of the molecule is COc1cc(-c2ccc(N3CCC(S(=O)(=O)CC(C)C)CC3)nc2)c2c(C#N)cnn2c1. The minimum Gasteiger partial charge on any atom is -0.495 e. The number of nitrogens with zero attached hydrogens (tertiary/aromatic N) is 5. The Labute approximate surface area is 188 Å². The van der Waals surface area contributed by atoms with Crippen LogP contribution in [-0.2, 0) is 9.84 Å². The van der Waals surface area contributed by atoms with Gasteiger partial charge >= 0.3 is 0 Å². The minimum atomic E-state index is -3.05. The number of anilines is 1. The first-order chi connectivity index (χ1) is 15.3. The fraction of sp³-hybridized carbons (Fsp3) is 0.435. The zero-order valence-corrected chi connectivity index (χ0v) is 19.3. The van der Waals surface area contributed by atoms with Gasteiger partial charge in [-0.15, -0.1) is 0 Å². The molecule has 32 heavy (non-hydrogen) atoms. The molecule has 1 aliphatic heterocycles. The van der Waals surface area contributed by atoms with Crippen LogP contribution in [0.4, 0.5) is 5.82 Å². The van der Waals surface area contributed by atoms with Crippen LogP contribution in [-0.4, -0.2) is 54.2 Å². The lowest BCUT2D eigenvalue weighted by Gasteiger charge is -2.32. The highest BCUT2D eigenvalue weighted by atomic mass is 32.2. The van der Waals surface area contributed by atoms with Gasteiger partial charge in [-0.2, -0.15) is 10.4 Å². The summed E-state index contributed by atoms with van der Waals surface area (Å²) in [5.41, 5.74) is 2.86. The molecule has 0 radical (unpaired) electrons. The van der Waals surface area contributed by atoms with Crippen LogP contribution < -0.4 is 9.64 Å². The van der Waals surface area contributed by atoms with E-state index in [0.717, 1.165) is 16.9 Å². The third-order valence-corrected chi connectivity index (χ3v) is 8.46. The van der Waals surface area contributed by atoms with Gasteiger partial charge in [-0.05, 0) is 37.0 Å². The fourth-order valence-corrected chi connectivity index (χ4v) is 6.42. The predicted molar refractivity (Wildman–Crippen MR) is 124 cm³/mol. The second kappa shape index (κ2) is 8.79. The smallest absolute Gasteiger partial charge is 0.153 e. The first-order valence-corrected chi connectivity index (χ1v) is 12.4. The number of pyridine rings is 2. The third kappa shape index (κ3) is 4.28. The van der Waals surface area contributed by atoms with Crippen LogP contribution in [0.3, 0.4) is 0 Å². The highest BCUT2D eigenvalue weighted by molar-refractivity contribution is 7.92. The number of aromatic nitrogens is 3. The highest BCUT2D eigenvalue weighted by Gasteiger charge is 2.30. The Kier molecular flexibility index (Phi) is 6.07. The van der Waals surface area contributed by atoms with Gasteiger partial charge in [0.25, 0.3) is 0 Å². The van der Waals surface area contributed by atoms with Crippen molar-refractivity contribution < 1.29 is 13.2 Å². The van der Waals surface area contributed by atoms with Gasteiger partial charge < -0.3 is 9.64 Å². The van der Waals surface area contributed by atoms with Crippen molar-refractivity contribution in [1.82, 2.24) is 14.6 Å². The summed E-state index contributed by atoms with van der Waals surface area (Å²) in [4.78, 5) is 6.77. The summed E-state index contributed by atoms with van der Waals surface area (Å²) < 4.78 is 32.1. The molecule has 0 unspecified atom stereocenters. The van der Waals surface area contributed by atoms with Gasteiger partial charge in [0.05, 0.1) is 41.6 Å². The summed E-state index contributed by atoms with van der Waals surface area (Å²) >= 11 is 0. The predicted octanol–water partition coefficient (Wildman–Crippen LogP) is 3.32. The molecule has 0 atom stereocenters. The first-order valence-electron chi connectivity index (χ1n) is 10.7. The second-order valence-electron chi connectivity index (χ2n) is 8.57. The van der Waals surface area contributed by atoms with E-state index in [-0.39, 0.29) is 16.9 Å². The molecule has 1 saturated heterocycles. The number of methoxy groups -OCH3 is 1. The van der Waals surface area contributed by atoms with Gasteiger partial charge in [0.15, 0.2) is 9.84 Å². The van der Waals surface area contributed by atoms with Gasteiger partial charge in [-0.3, -0.25) is 0 Å². The molecule has 3 aromatic heterocycles. The minimum absolute atomic E-state index is 0.146. The molecule has 0 bridgehead atoms. The molecular formula is C23H27N5O3S. The maximum absolute atomic E-state index is 12.6. The Balaban J connectivity index is 1.55. The Morgan fingerprint density at radius 2 is 2.00 bits per heavy atom. The van der Waals surface area contributed by atoms with E-state index in [1.165, 1.54) is 6.20 Å². The molecule has 3 aromatic rings. The van der Waals surface area contributed by atoms with Gasteiger partial charge in [-0.25, -0.2) is 17.9 Å². The van der Waals surface area contributed by atoms with Crippen molar-refractivity contribution in [2.24, 2.45) is 5.92 Å². The zero-order valence-electron chi connectivity index (χ0n) is 18.5. The molecule has 0 aromatic carbocycles. The lowest BCUT2D eigenvalue weighted by Crippen LogP contribution is -2.40. The van der Waals surface area contributed by atoms with Crippen LogP contribution in [0.5, 0.6) is 5.75 Å². The van der Waals surface area contributed by atoms with Gasteiger partial charge in [-0.1, -0.05) is 13.8 Å². The molecule has 0 N–H and O–H groups in total. The van der Waals surface area contributed by atoms with Gasteiger partial charge in [0.2, 0.25) is 0 Å². The Morgan fingerprint density at radius 1 is 1.25 bits per heavy atom. The average molecular weight is 454 g/mol. The maximum Gasteiger partial charge on any atom is 0.153 e. The fourth-order valence-electron chi connectivity index (χ4n) is 4.29. The molecule has 0 aliphatic carbocycles. The maximum atomic E-state index is 12.6. The van der Waals surface area contributed by atoms with Crippen LogP contribution >= 0.6 is 0 Å². The monoisotopic (exact) mass is 453 g/mol.